The number of fused-ring (bicyclic) bond motifs is 1. The molecule has 1 amide bonds. The number of nitriles is 1. The number of amides is 1. The Balaban J connectivity index is 1.60. The number of nitrogens with one attached hydrogen (secondary N) is 1. The van der Waals surface area contributed by atoms with Crippen molar-refractivity contribution in [3.63, 3.8) is 0 Å². The van der Waals surface area contributed by atoms with E-state index < -0.39 is 16.1 Å². The van der Waals surface area contributed by atoms with Gasteiger partial charge in [0.2, 0.25) is 5.91 Å². The number of aryl methyl sites for hydroxylation is 1. The third-order valence-corrected chi connectivity index (χ3v) is 7.97. The van der Waals surface area contributed by atoms with Crippen LogP contribution in [-0.2, 0) is 34.3 Å². The first-order valence-electron chi connectivity index (χ1n) is 10.8. The van der Waals surface area contributed by atoms with Crippen molar-refractivity contribution in [2.45, 2.75) is 38.1 Å². The van der Waals surface area contributed by atoms with Crippen molar-refractivity contribution in [3.05, 3.63) is 52.8 Å². The molecule has 1 aromatic carbocycles. The molecule has 1 unspecified atom stereocenters. The van der Waals surface area contributed by atoms with E-state index in [1.807, 2.05) is 19.2 Å². The molecule has 9 heteroatoms. The summed E-state index contributed by atoms with van der Waals surface area (Å²) in [5.41, 5.74) is 5.05. The maximum Gasteiger partial charge on any atom is 0.303 e. The van der Waals surface area contributed by atoms with E-state index in [2.05, 4.69) is 20.7 Å². The Morgan fingerprint density at radius 1 is 1.34 bits per heavy atom. The van der Waals surface area contributed by atoms with Gasteiger partial charge in [0, 0.05) is 25.8 Å². The van der Waals surface area contributed by atoms with Crippen LogP contribution in [0.1, 0.15) is 35.2 Å². The number of carbonyl (C=O) groups is 1. The number of aromatic nitrogens is 1. The molecule has 2 heterocycles. The highest BCUT2D eigenvalue weighted by Crippen LogP contribution is 2.34. The highest BCUT2D eigenvalue weighted by atomic mass is 32.2. The van der Waals surface area contributed by atoms with Crippen molar-refractivity contribution >= 4 is 16.1 Å². The van der Waals surface area contributed by atoms with Crippen LogP contribution in [0.15, 0.2) is 30.5 Å². The summed E-state index contributed by atoms with van der Waals surface area (Å²) < 4.78 is 29.2. The molecule has 1 atom stereocenters. The minimum atomic E-state index is -3.93. The fraction of sp³-hybridized carbons (Fsp3) is 0.435. The van der Waals surface area contributed by atoms with Crippen molar-refractivity contribution in [1.82, 2.24) is 18.9 Å². The fourth-order valence-corrected chi connectivity index (χ4v) is 5.76. The van der Waals surface area contributed by atoms with Crippen LogP contribution < -0.4 is 4.72 Å². The first-order valence-corrected chi connectivity index (χ1v) is 12.2. The predicted molar refractivity (Wildman–Crippen MR) is 121 cm³/mol. The van der Waals surface area contributed by atoms with Crippen molar-refractivity contribution in [1.29, 1.82) is 5.26 Å². The lowest BCUT2D eigenvalue weighted by atomic mass is 9.91. The van der Waals surface area contributed by atoms with Crippen LogP contribution in [0.5, 0.6) is 0 Å². The summed E-state index contributed by atoms with van der Waals surface area (Å²) in [7, 11) is -0.464. The van der Waals surface area contributed by atoms with Crippen molar-refractivity contribution in [2.75, 3.05) is 27.2 Å². The van der Waals surface area contributed by atoms with Gasteiger partial charge in [0.15, 0.2) is 0 Å². The molecule has 2 aromatic rings. The van der Waals surface area contributed by atoms with E-state index >= 15 is 0 Å². The second-order valence-corrected chi connectivity index (χ2v) is 10.3. The molecule has 2 aliphatic rings. The van der Waals surface area contributed by atoms with Gasteiger partial charge in [-0.1, -0.05) is 12.1 Å². The molecule has 1 aliphatic heterocycles. The minimum absolute atomic E-state index is 0.0413. The molecule has 0 spiro atoms. The summed E-state index contributed by atoms with van der Waals surface area (Å²) in [6.07, 6.45) is 5.07. The van der Waals surface area contributed by atoms with Crippen LogP contribution in [0.3, 0.4) is 0 Å². The summed E-state index contributed by atoms with van der Waals surface area (Å²) in [6.45, 7) is 1.47. The zero-order chi connectivity index (χ0) is 22.9. The maximum atomic E-state index is 12.9. The monoisotopic (exact) mass is 453 g/mol. The SMILES string of the molecule is CN1CCC(N(C)S(=O)(=O)NC(=O)Cc2c(-c3ccnc(C#N)c3)ccc3c2CCC3)C1. The van der Waals surface area contributed by atoms with Crippen LogP contribution >= 0.6 is 0 Å². The molecule has 1 fully saturated rings. The molecule has 1 saturated heterocycles. The molecule has 8 nitrogen and oxygen atoms in total. The average molecular weight is 454 g/mol. The number of nitrogens with zero attached hydrogens (tertiary/aromatic N) is 4. The second-order valence-electron chi connectivity index (χ2n) is 8.55. The van der Waals surface area contributed by atoms with E-state index in [4.69, 9.17) is 0 Å². The molecule has 4 rings (SSSR count). The van der Waals surface area contributed by atoms with Crippen molar-refractivity contribution < 1.29 is 13.2 Å². The number of hydrogen-bond donors (Lipinski definition) is 1. The number of rotatable bonds is 6. The molecule has 0 bridgehead atoms. The normalized spacial score (nSPS) is 18.5. The summed E-state index contributed by atoms with van der Waals surface area (Å²) >= 11 is 0. The lowest BCUT2D eigenvalue weighted by Gasteiger charge is -2.24. The lowest BCUT2D eigenvalue weighted by Crippen LogP contribution is -2.47. The summed E-state index contributed by atoms with van der Waals surface area (Å²) in [4.78, 5) is 19.0. The maximum absolute atomic E-state index is 12.9. The second kappa shape index (κ2) is 8.98. The number of hydrogen-bond acceptors (Lipinski definition) is 6. The van der Waals surface area contributed by atoms with Crippen molar-refractivity contribution in [3.8, 4) is 17.2 Å². The van der Waals surface area contributed by atoms with Gasteiger partial charge in [0.25, 0.3) is 0 Å². The highest BCUT2D eigenvalue weighted by molar-refractivity contribution is 7.87. The Morgan fingerprint density at radius 2 is 2.16 bits per heavy atom. The minimum Gasteiger partial charge on any atom is -0.305 e. The third kappa shape index (κ3) is 4.53. The molecule has 1 aromatic heterocycles. The van der Waals surface area contributed by atoms with Crippen molar-refractivity contribution in [2.24, 2.45) is 0 Å². The molecular weight excluding hydrogens is 426 g/mol. The Labute approximate surface area is 189 Å². The van der Waals surface area contributed by atoms with Gasteiger partial charge in [0.05, 0.1) is 6.42 Å². The van der Waals surface area contributed by atoms with Gasteiger partial charge in [-0.05, 0) is 79.2 Å². The molecular formula is C23H27N5O3S. The number of pyridine rings is 1. The molecule has 168 valence electrons. The topological polar surface area (TPSA) is 106 Å². The number of likely N-dealkylation sites (tertiary alicyclic amines) is 1. The Morgan fingerprint density at radius 3 is 2.88 bits per heavy atom. The summed E-state index contributed by atoms with van der Waals surface area (Å²) in [6, 6.07) is 9.41. The molecule has 1 aliphatic carbocycles. The number of likely N-dealkylation sites (N-methyl/N-ethyl adjacent to an activating group) is 2. The highest BCUT2D eigenvalue weighted by Gasteiger charge is 2.32. The Hall–Kier alpha value is -2.80. The van der Waals surface area contributed by atoms with Gasteiger partial charge < -0.3 is 4.90 Å². The number of benzene rings is 1. The average Bonchev–Trinajstić information content (AvgIpc) is 3.42. The zero-order valence-corrected chi connectivity index (χ0v) is 19.2. The van der Waals surface area contributed by atoms with Gasteiger partial charge in [-0.25, -0.2) is 9.71 Å². The van der Waals surface area contributed by atoms with E-state index in [-0.39, 0.29) is 12.5 Å². The van der Waals surface area contributed by atoms with Gasteiger partial charge in [-0.15, -0.1) is 0 Å². The molecule has 32 heavy (non-hydrogen) atoms. The molecule has 0 saturated carbocycles. The van der Waals surface area contributed by atoms with Crippen LogP contribution in [0.25, 0.3) is 11.1 Å². The smallest absolute Gasteiger partial charge is 0.303 e. The van der Waals surface area contributed by atoms with Crippen LogP contribution in [0, 0.1) is 11.3 Å². The summed E-state index contributed by atoms with van der Waals surface area (Å²) in [5, 5.41) is 9.21. The van der Waals surface area contributed by atoms with E-state index in [1.165, 1.54) is 16.9 Å². The largest absolute Gasteiger partial charge is 0.305 e. The van der Waals surface area contributed by atoms with Gasteiger partial charge in [0.1, 0.15) is 11.8 Å². The fourth-order valence-electron chi connectivity index (χ4n) is 4.69. The summed E-state index contributed by atoms with van der Waals surface area (Å²) in [5.74, 6) is -0.556. The lowest BCUT2D eigenvalue weighted by molar-refractivity contribution is -0.118. The van der Waals surface area contributed by atoms with Crippen LogP contribution in [0.2, 0.25) is 0 Å². The van der Waals surface area contributed by atoms with Crippen LogP contribution in [-0.4, -0.2) is 61.7 Å². The number of carbonyl (C=O) groups excluding carboxylic acids is 1. The van der Waals surface area contributed by atoms with E-state index in [0.29, 0.717) is 12.2 Å². The van der Waals surface area contributed by atoms with Gasteiger partial charge in [-0.2, -0.15) is 18.0 Å². The van der Waals surface area contributed by atoms with Gasteiger partial charge in [-0.3, -0.25) is 4.79 Å². The van der Waals surface area contributed by atoms with Gasteiger partial charge >= 0.3 is 10.2 Å². The van der Waals surface area contributed by atoms with E-state index in [1.54, 1.807) is 18.3 Å². The Kier molecular flexibility index (Phi) is 6.29. The predicted octanol–water partition coefficient (Wildman–Crippen LogP) is 1.65. The standard InChI is InChI=1S/C23H27N5O3S/c1-27-11-9-19(15-27)28(2)32(30,31)26-23(29)13-22-20-5-3-4-16(20)6-7-21(22)17-8-10-25-18(12-17)14-24/h6-8,10,12,19H,3-5,9,11,13,15H2,1-2H3,(H,26,29). The zero-order valence-electron chi connectivity index (χ0n) is 18.3. The first-order chi connectivity index (χ1) is 15.3. The van der Waals surface area contributed by atoms with E-state index in [0.717, 1.165) is 54.5 Å². The molecule has 1 N–H and O–H groups in total. The quantitative estimate of drug-likeness (QED) is 0.713. The Bertz CT molecular complexity index is 1190. The van der Waals surface area contributed by atoms with E-state index in [9.17, 15) is 18.5 Å². The molecule has 0 radical (unpaired) electrons. The first kappa shape index (κ1) is 22.4. The van der Waals surface area contributed by atoms with Crippen LogP contribution in [0.4, 0.5) is 0 Å². The third-order valence-electron chi connectivity index (χ3n) is 6.43.